The van der Waals surface area contributed by atoms with E-state index in [0.717, 1.165) is 25.7 Å². The number of carbonyl (C=O) groups excluding carboxylic acids is 1. The number of nitrogens with zero attached hydrogens (tertiary/aromatic N) is 1. The summed E-state index contributed by atoms with van der Waals surface area (Å²) in [5.41, 5.74) is 0.490. The molecule has 0 spiro atoms. The van der Waals surface area contributed by atoms with Crippen LogP contribution in [0.25, 0.3) is 11.3 Å². The first-order valence-corrected chi connectivity index (χ1v) is 8.88. The normalized spacial score (nSPS) is 25.2. The van der Waals surface area contributed by atoms with Gasteiger partial charge in [-0.2, -0.15) is 0 Å². The van der Waals surface area contributed by atoms with Gasteiger partial charge in [0, 0.05) is 18.1 Å². The van der Waals surface area contributed by atoms with E-state index in [1.54, 1.807) is 13.0 Å². The number of halogens is 2. The largest absolute Gasteiger partial charge is 0.360 e. The molecule has 0 aliphatic carbocycles. The minimum Gasteiger partial charge on any atom is -0.360 e. The van der Waals surface area contributed by atoms with Gasteiger partial charge >= 0.3 is 0 Å². The molecule has 5 nitrogen and oxygen atoms in total. The van der Waals surface area contributed by atoms with Crippen molar-refractivity contribution in [3.63, 3.8) is 0 Å². The van der Waals surface area contributed by atoms with E-state index >= 15 is 0 Å². The van der Waals surface area contributed by atoms with Crippen molar-refractivity contribution in [1.29, 1.82) is 0 Å². The lowest BCUT2D eigenvalue weighted by molar-refractivity contribution is 0.0923. The molecular formula is C18H19ClFN3O2. The maximum absolute atomic E-state index is 14.3. The minimum atomic E-state index is -0.533. The zero-order valence-corrected chi connectivity index (χ0v) is 14.6. The van der Waals surface area contributed by atoms with E-state index in [0.29, 0.717) is 17.8 Å². The molecule has 2 N–H and O–H groups in total. The van der Waals surface area contributed by atoms with E-state index in [9.17, 15) is 9.18 Å². The summed E-state index contributed by atoms with van der Waals surface area (Å²) < 4.78 is 19.4. The van der Waals surface area contributed by atoms with Crippen LogP contribution < -0.4 is 10.6 Å². The first-order chi connectivity index (χ1) is 12.0. The minimum absolute atomic E-state index is 0.0940. The molecule has 4 rings (SSSR count). The highest BCUT2D eigenvalue weighted by atomic mass is 35.5. The monoisotopic (exact) mass is 363 g/mol. The van der Waals surface area contributed by atoms with Gasteiger partial charge in [-0.1, -0.05) is 22.8 Å². The summed E-state index contributed by atoms with van der Waals surface area (Å²) in [7, 11) is 0. The molecule has 1 aromatic carbocycles. The molecule has 25 heavy (non-hydrogen) atoms. The summed E-state index contributed by atoms with van der Waals surface area (Å²) in [6.07, 6.45) is 4.11. The fourth-order valence-electron chi connectivity index (χ4n) is 3.97. The predicted octanol–water partition coefficient (Wildman–Crippen LogP) is 3.46. The lowest BCUT2D eigenvalue weighted by Gasteiger charge is -2.29. The van der Waals surface area contributed by atoms with Gasteiger partial charge in [-0.3, -0.25) is 4.79 Å². The van der Waals surface area contributed by atoms with E-state index in [-0.39, 0.29) is 33.8 Å². The Labute approximate surface area is 149 Å². The number of benzene rings is 1. The quantitative estimate of drug-likeness (QED) is 0.876. The molecule has 2 fully saturated rings. The van der Waals surface area contributed by atoms with Crippen LogP contribution in [0.15, 0.2) is 22.7 Å². The summed E-state index contributed by atoms with van der Waals surface area (Å²) in [4.78, 5) is 12.8. The van der Waals surface area contributed by atoms with Crippen LogP contribution in [0, 0.1) is 12.7 Å². The Hall–Kier alpha value is -1.92. The van der Waals surface area contributed by atoms with Crippen molar-refractivity contribution in [2.24, 2.45) is 0 Å². The van der Waals surface area contributed by atoms with Gasteiger partial charge in [0.1, 0.15) is 22.8 Å². The molecular weight excluding hydrogens is 345 g/mol. The van der Waals surface area contributed by atoms with Crippen molar-refractivity contribution < 1.29 is 13.7 Å². The number of piperidine rings is 1. The number of aromatic nitrogens is 1. The molecule has 2 bridgehead atoms. The van der Waals surface area contributed by atoms with Crippen LogP contribution in [0.5, 0.6) is 0 Å². The Balaban J connectivity index is 1.62. The van der Waals surface area contributed by atoms with Gasteiger partial charge in [0.25, 0.3) is 5.91 Å². The molecule has 0 saturated carbocycles. The Bertz CT molecular complexity index is 790. The Morgan fingerprint density at radius 2 is 2.08 bits per heavy atom. The third-order valence-electron chi connectivity index (χ3n) is 5.10. The number of aryl methyl sites for hydroxylation is 1. The average molecular weight is 364 g/mol. The third kappa shape index (κ3) is 3.04. The van der Waals surface area contributed by atoms with Gasteiger partial charge in [-0.25, -0.2) is 4.39 Å². The van der Waals surface area contributed by atoms with Gasteiger partial charge in [0.15, 0.2) is 0 Å². The third-order valence-corrected chi connectivity index (χ3v) is 5.41. The van der Waals surface area contributed by atoms with Gasteiger partial charge in [-0.05, 0) is 44.7 Å². The fourth-order valence-corrected chi connectivity index (χ4v) is 4.22. The molecule has 7 heteroatoms. The molecule has 0 radical (unpaired) electrons. The molecule has 3 heterocycles. The number of hydrogen-bond acceptors (Lipinski definition) is 4. The highest BCUT2D eigenvalue weighted by Gasteiger charge is 2.35. The van der Waals surface area contributed by atoms with Crippen molar-refractivity contribution >= 4 is 17.5 Å². The maximum atomic E-state index is 14.3. The van der Waals surface area contributed by atoms with Crippen LogP contribution in [-0.4, -0.2) is 29.2 Å². The lowest BCUT2D eigenvalue weighted by atomic mass is 9.98. The fraction of sp³-hybridized carbons (Fsp3) is 0.444. The molecule has 2 aliphatic rings. The molecule has 1 amide bonds. The van der Waals surface area contributed by atoms with Crippen molar-refractivity contribution in [2.75, 3.05) is 0 Å². The first-order valence-electron chi connectivity index (χ1n) is 8.50. The second-order valence-electron chi connectivity index (χ2n) is 6.84. The number of fused-ring (bicyclic) bond motifs is 2. The highest BCUT2D eigenvalue weighted by molar-refractivity contribution is 6.33. The van der Waals surface area contributed by atoms with Crippen LogP contribution in [0.3, 0.4) is 0 Å². The zero-order valence-electron chi connectivity index (χ0n) is 13.8. The highest BCUT2D eigenvalue weighted by Crippen LogP contribution is 2.34. The predicted molar refractivity (Wildman–Crippen MR) is 92.1 cm³/mol. The molecule has 2 aliphatic heterocycles. The molecule has 2 aromatic rings. The Morgan fingerprint density at radius 1 is 1.36 bits per heavy atom. The van der Waals surface area contributed by atoms with Crippen LogP contribution in [0.4, 0.5) is 4.39 Å². The number of carbonyl (C=O) groups is 1. The second kappa shape index (κ2) is 6.42. The topological polar surface area (TPSA) is 67.2 Å². The van der Waals surface area contributed by atoms with Gasteiger partial charge in [-0.15, -0.1) is 0 Å². The first kappa shape index (κ1) is 16.5. The lowest BCUT2D eigenvalue weighted by Crippen LogP contribution is -2.48. The number of rotatable bonds is 3. The summed E-state index contributed by atoms with van der Waals surface area (Å²) in [5.74, 6) is -0.474. The maximum Gasteiger partial charge on any atom is 0.257 e. The molecule has 2 unspecified atom stereocenters. The average Bonchev–Trinajstić information content (AvgIpc) is 3.10. The number of nitrogens with one attached hydrogen (secondary N) is 2. The van der Waals surface area contributed by atoms with Crippen molar-refractivity contribution in [3.05, 3.63) is 40.4 Å². The number of hydrogen-bond donors (Lipinski definition) is 2. The Kier molecular flexibility index (Phi) is 4.25. The van der Waals surface area contributed by atoms with Gasteiger partial charge < -0.3 is 15.2 Å². The SMILES string of the molecule is Cc1onc(-c2c(F)cccc2Cl)c1C(=O)NC1CC2CCC(C1)N2. The van der Waals surface area contributed by atoms with E-state index in [1.165, 1.54) is 12.1 Å². The van der Waals surface area contributed by atoms with Crippen LogP contribution in [-0.2, 0) is 0 Å². The molecule has 132 valence electrons. The molecule has 2 atom stereocenters. The smallest absolute Gasteiger partial charge is 0.257 e. The molecule has 1 aromatic heterocycles. The summed E-state index contributed by atoms with van der Waals surface area (Å²) in [6.45, 7) is 1.65. The second-order valence-corrected chi connectivity index (χ2v) is 7.25. The number of amides is 1. The summed E-state index contributed by atoms with van der Waals surface area (Å²) in [6, 6.07) is 5.40. The van der Waals surface area contributed by atoms with Crippen molar-refractivity contribution in [1.82, 2.24) is 15.8 Å². The van der Waals surface area contributed by atoms with E-state index in [4.69, 9.17) is 16.1 Å². The Morgan fingerprint density at radius 3 is 2.76 bits per heavy atom. The summed E-state index contributed by atoms with van der Waals surface area (Å²) >= 11 is 6.13. The van der Waals surface area contributed by atoms with E-state index < -0.39 is 5.82 Å². The van der Waals surface area contributed by atoms with Crippen molar-refractivity contribution in [3.8, 4) is 11.3 Å². The van der Waals surface area contributed by atoms with Gasteiger partial charge in [0.05, 0.1) is 10.6 Å². The van der Waals surface area contributed by atoms with E-state index in [1.807, 2.05) is 0 Å². The van der Waals surface area contributed by atoms with Crippen LogP contribution in [0.1, 0.15) is 41.8 Å². The van der Waals surface area contributed by atoms with Crippen LogP contribution >= 0.6 is 11.6 Å². The zero-order chi connectivity index (χ0) is 17.6. The van der Waals surface area contributed by atoms with Crippen molar-refractivity contribution in [2.45, 2.75) is 50.7 Å². The summed E-state index contributed by atoms with van der Waals surface area (Å²) in [5, 5.41) is 10.7. The standard InChI is InChI=1S/C18H19ClFN3O2/c1-9-15(17(23-25-9)16-13(19)3-2-4-14(16)20)18(24)22-12-7-10-5-6-11(8-12)21-10/h2-4,10-12,21H,5-8H2,1H3,(H,22,24). The van der Waals surface area contributed by atoms with E-state index in [2.05, 4.69) is 15.8 Å². The molecule has 2 saturated heterocycles. The van der Waals surface area contributed by atoms with Gasteiger partial charge in [0.2, 0.25) is 0 Å². The van der Waals surface area contributed by atoms with Crippen LogP contribution in [0.2, 0.25) is 5.02 Å².